The number of ether oxygens (including phenoxy) is 2. The van der Waals surface area contributed by atoms with Crippen LogP contribution in [0.3, 0.4) is 0 Å². The molecule has 1 aliphatic heterocycles. The number of rotatable bonds is 6. The van der Waals surface area contributed by atoms with Crippen LogP contribution in [0.1, 0.15) is 11.6 Å². The third-order valence-electron chi connectivity index (χ3n) is 4.98. The SMILES string of the molecule is O=C1OC(C(O)COc2ccc(Cl)cc2)[C@@H](c2ccc(O)cc2)N1c1ccc(F)cc1. The molecule has 0 radical (unpaired) electrons. The molecule has 0 saturated carbocycles. The van der Waals surface area contributed by atoms with Gasteiger partial charge in [0.1, 0.15) is 36.1 Å². The van der Waals surface area contributed by atoms with E-state index >= 15 is 0 Å². The number of anilines is 1. The Labute approximate surface area is 183 Å². The van der Waals surface area contributed by atoms with Gasteiger partial charge in [-0.25, -0.2) is 9.18 Å². The molecule has 1 aliphatic rings. The molecule has 1 heterocycles. The van der Waals surface area contributed by atoms with Gasteiger partial charge in [-0.2, -0.15) is 0 Å². The average molecular weight is 444 g/mol. The highest BCUT2D eigenvalue weighted by atomic mass is 35.5. The summed E-state index contributed by atoms with van der Waals surface area (Å²) in [7, 11) is 0. The molecule has 3 atom stereocenters. The van der Waals surface area contributed by atoms with Crippen molar-refractivity contribution in [3.8, 4) is 11.5 Å². The second-order valence-electron chi connectivity index (χ2n) is 7.06. The van der Waals surface area contributed by atoms with Crippen LogP contribution >= 0.6 is 11.6 Å². The molecule has 3 aromatic rings. The first kappa shape index (κ1) is 21.0. The van der Waals surface area contributed by atoms with E-state index in [-0.39, 0.29) is 12.4 Å². The Morgan fingerprint density at radius 1 is 1.03 bits per heavy atom. The molecule has 0 bridgehead atoms. The molecule has 3 aromatic carbocycles. The van der Waals surface area contributed by atoms with Crippen molar-refractivity contribution in [3.63, 3.8) is 0 Å². The molecule has 6 nitrogen and oxygen atoms in total. The van der Waals surface area contributed by atoms with E-state index in [1.807, 2.05) is 0 Å². The molecular weight excluding hydrogens is 425 g/mol. The molecule has 0 aliphatic carbocycles. The maximum absolute atomic E-state index is 13.4. The van der Waals surface area contributed by atoms with Gasteiger partial charge in [0, 0.05) is 10.7 Å². The molecule has 1 saturated heterocycles. The normalized spacial score (nSPS) is 19.2. The van der Waals surface area contributed by atoms with Crippen LogP contribution in [0, 0.1) is 5.82 Å². The quantitative estimate of drug-likeness (QED) is 0.577. The zero-order valence-electron chi connectivity index (χ0n) is 16.2. The first-order valence-corrected chi connectivity index (χ1v) is 9.91. The first-order valence-electron chi connectivity index (χ1n) is 9.53. The standard InChI is InChI=1S/C23H19ClFNO5/c24-15-3-11-19(12-4-15)30-13-20(28)22-21(14-1-9-18(27)10-2-14)26(23(29)31-22)17-7-5-16(25)6-8-17/h1-12,20-22,27-28H,13H2/t20?,21-,22?/m1/s1. The number of carbonyl (C=O) groups excluding carboxylic acids is 1. The Bertz CT molecular complexity index is 1040. The van der Waals surface area contributed by atoms with Crippen molar-refractivity contribution in [2.24, 2.45) is 0 Å². The number of nitrogens with zero attached hydrogens (tertiary/aromatic N) is 1. The van der Waals surface area contributed by atoms with Crippen molar-refractivity contribution < 1.29 is 28.9 Å². The van der Waals surface area contributed by atoms with Gasteiger partial charge in [-0.1, -0.05) is 23.7 Å². The minimum Gasteiger partial charge on any atom is -0.508 e. The monoisotopic (exact) mass is 443 g/mol. The molecule has 0 spiro atoms. The third kappa shape index (κ3) is 4.57. The van der Waals surface area contributed by atoms with E-state index in [4.69, 9.17) is 21.1 Å². The number of aliphatic hydroxyl groups excluding tert-OH is 1. The highest BCUT2D eigenvalue weighted by Crippen LogP contribution is 2.39. The highest BCUT2D eigenvalue weighted by molar-refractivity contribution is 6.30. The van der Waals surface area contributed by atoms with E-state index in [9.17, 15) is 19.4 Å². The number of halogens is 2. The van der Waals surface area contributed by atoms with Gasteiger partial charge < -0.3 is 19.7 Å². The van der Waals surface area contributed by atoms with E-state index in [0.717, 1.165) is 0 Å². The largest absolute Gasteiger partial charge is 0.508 e. The van der Waals surface area contributed by atoms with Crippen LogP contribution in [0.15, 0.2) is 72.8 Å². The van der Waals surface area contributed by atoms with Crippen molar-refractivity contribution in [2.75, 3.05) is 11.5 Å². The Balaban J connectivity index is 1.61. The highest BCUT2D eigenvalue weighted by Gasteiger charge is 2.47. The van der Waals surface area contributed by atoms with Crippen LogP contribution in [-0.2, 0) is 4.74 Å². The van der Waals surface area contributed by atoms with Gasteiger partial charge in [0.05, 0.1) is 0 Å². The topological polar surface area (TPSA) is 79.2 Å². The molecule has 2 N–H and O–H groups in total. The van der Waals surface area contributed by atoms with Crippen molar-refractivity contribution in [1.29, 1.82) is 0 Å². The van der Waals surface area contributed by atoms with E-state index in [0.29, 0.717) is 22.0 Å². The van der Waals surface area contributed by atoms with Crippen LogP contribution in [0.5, 0.6) is 11.5 Å². The second-order valence-corrected chi connectivity index (χ2v) is 7.50. The Morgan fingerprint density at radius 3 is 2.32 bits per heavy atom. The molecule has 0 aromatic heterocycles. The van der Waals surface area contributed by atoms with E-state index in [1.54, 1.807) is 36.4 Å². The van der Waals surface area contributed by atoms with Gasteiger partial charge in [0.15, 0.2) is 6.10 Å². The zero-order valence-corrected chi connectivity index (χ0v) is 16.9. The number of benzene rings is 3. The fraction of sp³-hybridized carbons (Fsp3) is 0.174. The number of amides is 1. The summed E-state index contributed by atoms with van der Waals surface area (Å²) in [6.45, 7) is -0.134. The number of carbonyl (C=O) groups is 1. The minimum absolute atomic E-state index is 0.0606. The lowest BCUT2D eigenvalue weighted by molar-refractivity contribution is -0.00646. The lowest BCUT2D eigenvalue weighted by atomic mass is 9.96. The summed E-state index contributed by atoms with van der Waals surface area (Å²) in [6, 6.07) is 17.6. The van der Waals surface area contributed by atoms with Crippen molar-refractivity contribution in [1.82, 2.24) is 0 Å². The summed E-state index contributed by atoms with van der Waals surface area (Å²) in [5.41, 5.74) is 1.04. The number of hydrogen-bond donors (Lipinski definition) is 2. The number of aliphatic hydroxyl groups is 1. The van der Waals surface area contributed by atoms with Crippen LogP contribution in [0.25, 0.3) is 0 Å². The summed E-state index contributed by atoms with van der Waals surface area (Å²) in [5.74, 6) is 0.125. The van der Waals surface area contributed by atoms with Gasteiger partial charge in [-0.15, -0.1) is 0 Å². The van der Waals surface area contributed by atoms with E-state index in [1.165, 1.54) is 41.3 Å². The van der Waals surface area contributed by atoms with E-state index in [2.05, 4.69) is 0 Å². The molecule has 31 heavy (non-hydrogen) atoms. The number of phenolic OH excluding ortho intramolecular Hbond substituents is 1. The van der Waals surface area contributed by atoms with Crippen LogP contribution in [-0.4, -0.2) is 35.1 Å². The smallest absolute Gasteiger partial charge is 0.415 e. The predicted molar refractivity (Wildman–Crippen MR) is 113 cm³/mol. The number of aromatic hydroxyl groups is 1. The van der Waals surface area contributed by atoms with Crippen LogP contribution in [0.4, 0.5) is 14.9 Å². The number of hydrogen-bond acceptors (Lipinski definition) is 5. The maximum atomic E-state index is 13.4. The molecular formula is C23H19ClFNO5. The van der Waals surface area contributed by atoms with Crippen molar-refractivity contribution in [2.45, 2.75) is 18.2 Å². The summed E-state index contributed by atoms with van der Waals surface area (Å²) in [4.78, 5) is 14.1. The molecule has 2 unspecified atom stereocenters. The van der Waals surface area contributed by atoms with Crippen LogP contribution in [0.2, 0.25) is 5.02 Å². The zero-order chi connectivity index (χ0) is 22.0. The first-order chi connectivity index (χ1) is 14.9. The van der Waals surface area contributed by atoms with Gasteiger partial charge in [0.2, 0.25) is 0 Å². The maximum Gasteiger partial charge on any atom is 0.415 e. The molecule has 1 fully saturated rings. The summed E-state index contributed by atoms with van der Waals surface area (Å²) in [6.07, 6.45) is -2.81. The van der Waals surface area contributed by atoms with Crippen LogP contribution < -0.4 is 9.64 Å². The second kappa shape index (κ2) is 8.83. The lowest BCUT2D eigenvalue weighted by Gasteiger charge is -2.27. The Kier molecular flexibility index (Phi) is 5.97. The lowest BCUT2D eigenvalue weighted by Crippen LogP contribution is -2.38. The van der Waals surface area contributed by atoms with E-state index < -0.39 is 30.2 Å². The van der Waals surface area contributed by atoms with Crippen molar-refractivity contribution >= 4 is 23.4 Å². The summed E-state index contributed by atoms with van der Waals surface area (Å²) < 4.78 is 24.5. The average Bonchev–Trinajstić information content (AvgIpc) is 3.11. The van der Waals surface area contributed by atoms with Gasteiger partial charge in [0.25, 0.3) is 0 Å². The van der Waals surface area contributed by atoms with Gasteiger partial charge >= 0.3 is 6.09 Å². The summed E-state index contributed by atoms with van der Waals surface area (Å²) in [5, 5.41) is 21.0. The fourth-order valence-electron chi connectivity index (χ4n) is 3.47. The number of cyclic esters (lactones) is 1. The van der Waals surface area contributed by atoms with Crippen molar-refractivity contribution in [3.05, 3.63) is 89.2 Å². The summed E-state index contributed by atoms with van der Waals surface area (Å²) >= 11 is 5.87. The predicted octanol–water partition coefficient (Wildman–Crippen LogP) is 4.69. The molecule has 4 rings (SSSR count). The Morgan fingerprint density at radius 2 is 1.68 bits per heavy atom. The third-order valence-corrected chi connectivity index (χ3v) is 5.23. The van der Waals surface area contributed by atoms with Gasteiger partial charge in [-0.05, 0) is 66.2 Å². The fourth-order valence-corrected chi connectivity index (χ4v) is 3.60. The minimum atomic E-state index is -1.16. The molecule has 160 valence electrons. The molecule has 1 amide bonds. The molecule has 8 heteroatoms. The Hall–Kier alpha value is -3.29. The van der Waals surface area contributed by atoms with Gasteiger partial charge in [-0.3, -0.25) is 4.90 Å². The number of phenols is 1.